The van der Waals surface area contributed by atoms with E-state index in [-0.39, 0.29) is 0 Å². The van der Waals surface area contributed by atoms with Crippen molar-refractivity contribution >= 4 is 45.6 Å². The lowest BCUT2D eigenvalue weighted by atomic mass is 10.2. The monoisotopic (exact) mass is 376 g/mol. The summed E-state index contributed by atoms with van der Waals surface area (Å²) in [6.45, 7) is 3.76. The second-order valence-corrected chi connectivity index (χ2v) is 6.00. The summed E-state index contributed by atoms with van der Waals surface area (Å²) in [4.78, 5) is 0. The molecular weight excluding hydrogens is 359 g/mol. The number of hydrogen-bond acceptors (Lipinski definition) is 2. The Kier molecular flexibility index (Phi) is 5.20. The zero-order valence-electron chi connectivity index (χ0n) is 10.3. The summed E-state index contributed by atoms with van der Waals surface area (Å²) < 4.78 is 6.77. The summed E-state index contributed by atoms with van der Waals surface area (Å²) in [6, 6.07) is 6.22. The van der Waals surface area contributed by atoms with E-state index in [1.54, 1.807) is 0 Å². The van der Waals surface area contributed by atoms with Crippen LogP contribution >= 0.6 is 34.8 Å². The van der Waals surface area contributed by atoms with Crippen molar-refractivity contribution < 1.29 is 4.74 Å². The smallest absolute Gasteiger partial charge is 0.170 e. The molecule has 0 radical (unpaired) electrons. The molecule has 0 unspecified atom stereocenters. The highest BCUT2D eigenvalue weighted by Gasteiger charge is 2.15. The molecule has 0 bridgehead atoms. The van der Waals surface area contributed by atoms with Crippen LogP contribution in [-0.2, 0) is 4.74 Å². The average molecular weight is 376 g/mol. The Hall–Kier alpha value is -0.400. The first-order valence-electron chi connectivity index (χ1n) is 6.08. The minimum absolute atomic E-state index is 0.308. The number of hydrogen-bond donors (Lipinski definition) is 2. The minimum atomic E-state index is 0.308. The Balaban J connectivity index is 1.80. The molecule has 0 aromatic heterocycles. The number of halogens is 1. The van der Waals surface area contributed by atoms with Crippen LogP contribution < -0.4 is 10.6 Å². The molecule has 98 valence electrons. The van der Waals surface area contributed by atoms with E-state index in [4.69, 9.17) is 17.0 Å². The molecule has 1 saturated heterocycles. The van der Waals surface area contributed by atoms with Crippen molar-refractivity contribution in [2.75, 3.05) is 18.5 Å². The zero-order chi connectivity index (χ0) is 13.0. The van der Waals surface area contributed by atoms with Gasteiger partial charge in [-0.2, -0.15) is 0 Å². The molecule has 1 heterocycles. The quantitative estimate of drug-likeness (QED) is 0.628. The topological polar surface area (TPSA) is 33.3 Å². The highest BCUT2D eigenvalue weighted by molar-refractivity contribution is 14.1. The van der Waals surface area contributed by atoms with Gasteiger partial charge in [0, 0.05) is 22.4 Å². The predicted octanol–water partition coefficient (Wildman–Crippen LogP) is 3.07. The van der Waals surface area contributed by atoms with Crippen molar-refractivity contribution in [3.05, 3.63) is 27.3 Å². The standard InChI is InChI=1S/C13H17IN2OS/c1-9-4-5-10(7-12(9)14)16-13(18)15-8-11-3-2-6-17-11/h4-5,7,11H,2-3,6,8H2,1H3,(H2,15,16,18)/t11-/m0/s1. The normalized spacial score (nSPS) is 18.7. The number of ether oxygens (including phenoxy) is 1. The van der Waals surface area contributed by atoms with Crippen molar-refractivity contribution in [3.63, 3.8) is 0 Å². The molecule has 5 heteroatoms. The first-order chi connectivity index (χ1) is 8.65. The number of aryl methyl sites for hydroxylation is 1. The van der Waals surface area contributed by atoms with Gasteiger partial charge in [0.15, 0.2) is 5.11 Å². The van der Waals surface area contributed by atoms with Crippen LogP contribution in [-0.4, -0.2) is 24.4 Å². The van der Waals surface area contributed by atoms with Gasteiger partial charge in [-0.25, -0.2) is 0 Å². The number of nitrogens with one attached hydrogen (secondary N) is 2. The second-order valence-electron chi connectivity index (χ2n) is 4.43. The van der Waals surface area contributed by atoms with Gasteiger partial charge in [-0.15, -0.1) is 0 Å². The fraction of sp³-hybridized carbons (Fsp3) is 0.462. The van der Waals surface area contributed by atoms with E-state index in [2.05, 4.69) is 52.3 Å². The molecule has 0 spiro atoms. The van der Waals surface area contributed by atoms with Crippen molar-refractivity contribution in [1.29, 1.82) is 0 Å². The van der Waals surface area contributed by atoms with Crippen LogP contribution in [0.4, 0.5) is 5.69 Å². The summed E-state index contributed by atoms with van der Waals surface area (Å²) in [5.74, 6) is 0. The third-order valence-corrected chi connectivity index (χ3v) is 4.35. The van der Waals surface area contributed by atoms with Crippen LogP contribution in [0.3, 0.4) is 0 Å². The first kappa shape index (κ1) is 14.0. The van der Waals surface area contributed by atoms with Crippen LogP contribution in [0.1, 0.15) is 18.4 Å². The van der Waals surface area contributed by atoms with E-state index in [1.807, 2.05) is 6.07 Å². The highest BCUT2D eigenvalue weighted by atomic mass is 127. The Bertz CT molecular complexity index is 433. The van der Waals surface area contributed by atoms with Crippen LogP contribution in [0.25, 0.3) is 0 Å². The molecule has 1 fully saturated rings. The molecule has 1 aromatic carbocycles. The van der Waals surface area contributed by atoms with Gasteiger partial charge in [-0.3, -0.25) is 0 Å². The molecule has 2 rings (SSSR count). The fourth-order valence-electron chi connectivity index (χ4n) is 1.86. The molecule has 18 heavy (non-hydrogen) atoms. The Morgan fingerprint density at radius 2 is 2.39 bits per heavy atom. The lowest BCUT2D eigenvalue weighted by molar-refractivity contribution is 0.114. The van der Waals surface area contributed by atoms with Crippen molar-refractivity contribution in [2.24, 2.45) is 0 Å². The van der Waals surface area contributed by atoms with Crippen LogP contribution in [0.15, 0.2) is 18.2 Å². The maximum absolute atomic E-state index is 5.54. The van der Waals surface area contributed by atoms with Gasteiger partial charge in [-0.05, 0) is 72.3 Å². The summed E-state index contributed by atoms with van der Waals surface area (Å²) in [5.41, 5.74) is 2.30. The van der Waals surface area contributed by atoms with E-state index in [1.165, 1.54) is 9.13 Å². The van der Waals surface area contributed by atoms with Gasteiger partial charge in [0.25, 0.3) is 0 Å². The average Bonchev–Trinajstić information content (AvgIpc) is 2.84. The van der Waals surface area contributed by atoms with Crippen molar-refractivity contribution in [1.82, 2.24) is 5.32 Å². The van der Waals surface area contributed by atoms with E-state index >= 15 is 0 Å². The largest absolute Gasteiger partial charge is 0.376 e. The van der Waals surface area contributed by atoms with Crippen LogP contribution in [0, 0.1) is 10.5 Å². The van der Waals surface area contributed by atoms with E-state index in [0.717, 1.165) is 31.7 Å². The molecule has 1 aromatic rings. The van der Waals surface area contributed by atoms with Crippen molar-refractivity contribution in [3.8, 4) is 0 Å². The number of thiocarbonyl (C=S) groups is 1. The summed E-state index contributed by atoms with van der Waals surface area (Å²) >= 11 is 7.59. The fourth-order valence-corrected chi connectivity index (χ4v) is 2.57. The van der Waals surface area contributed by atoms with Gasteiger partial charge < -0.3 is 15.4 Å². The number of anilines is 1. The molecule has 0 aliphatic carbocycles. The third-order valence-electron chi connectivity index (χ3n) is 2.94. The van der Waals surface area contributed by atoms with Gasteiger partial charge in [0.05, 0.1) is 6.10 Å². The number of benzene rings is 1. The first-order valence-corrected chi connectivity index (χ1v) is 7.56. The van der Waals surface area contributed by atoms with E-state index < -0.39 is 0 Å². The minimum Gasteiger partial charge on any atom is -0.376 e. The molecule has 1 aliphatic rings. The Labute approximate surface area is 127 Å². The van der Waals surface area contributed by atoms with Crippen molar-refractivity contribution in [2.45, 2.75) is 25.9 Å². The van der Waals surface area contributed by atoms with Gasteiger partial charge in [-0.1, -0.05) is 6.07 Å². The van der Waals surface area contributed by atoms with Crippen LogP contribution in [0.5, 0.6) is 0 Å². The highest BCUT2D eigenvalue weighted by Crippen LogP contribution is 2.17. The maximum atomic E-state index is 5.54. The van der Waals surface area contributed by atoms with Crippen LogP contribution in [0.2, 0.25) is 0 Å². The maximum Gasteiger partial charge on any atom is 0.170 e. The summed E-state index contributed by atoms with van der Waals surface area (Å²) in [6.07, 6.45) is 2.59. The molecule has 2 N–H and O–H groups in total. The SMILES string of the molecule is Cc1ccc(NC(=S)NC[C@@H]2CCCO2)cc1I. The molecule has 3 nitrogen and oxygen atoms in total. The lowest BCUT2D eigenvalue weighted by Crippen LogP contribution is -2.34. The molecule has 1 atom stereocenters. The molecule has 0 saturated carbocycles. The predicted molar refractivity (Wildman–Crippen MR) is 87.1 cm³/mol. The number of rotatable bonds is 3. The lowest BCUT2D eigenvalue weighted by Gasteiger charge is -2.14. The van der Waals surface area contributed by atoms with E-state index in [0.29, 0.717) is 11.2 Å². The summed E-state index contributed by atoms with van der Waals surface area (Å²) in [7, 11) is 0. The molecule has 0 amide bonds. The van der Waals surface area contributed by atoms with Gasteiger partial charge in [0.1, 0.15) is 0 Å². The van der Waals surface area contributed by atoms with Gasteiger partial charge in [0.2, 0.25) is 0 Å². The second kappa shape index (κ2) is 6.68. The Morgan fingerprint density at radius 3 is 3.06 bits per heavy atom. The molecule has 1 aliphatic heterocycles. The third kappa shape index (κ3) is 4.07. The zero-order valence-corrected chi connectivity index (χ0v) is 13.3. The van der Waals surface area contributed by atoms with E-state index in [9.17, 15) is 0 Å². The Morgan fingerprint density at radius 1 is 1.56 bits per heavy atom. The molecular formula is C13H17IN2OS. The summed E-state index contributed by atoms with van der Waals surface area (Å²) in [5, 5.41) is 7.05. The van der Waals surface area contributed by atoms with Gasteiger partial charge >= 0.3 is 0 Å².